The molecular formula is C19H35N3O3. The number of ether oxygens (including phenoxy) is 1. The Balaban J connectivity index is 1.65. The van der Waals surface area contributed by atoms with Gasteiger partial charge in [0.15, 0.2) is 0 Å². The molecular weight excluding hydrogens is 318 g/mol. The predicted octanol–water partition coefficient (Wildman–Crippen LogP) is 1.60. The number of likely N-dealkylation sites (tertiary alicyclic amines) is 2. The lowest BCUT2D eigenvalue weighted by Gasteiger charge is -2.34. The fourth-order valence-electron chi connectivity index (χ4n) is 3.80. The Morgan fingerprint density at radius 1 is 1.16 bits per heavy atom. The van der Waals surface area contributed by atoms with Gasteiger partial charge in [0.05, 0.1) is 6.61 Å². The molecule has 2 saturated heterocycles. The Morgan fingerprint density at radius 2 is 1.92 bits per heavy atom. The molecule has 2 fully saturated rings. The van der Waals surface area contributed by atoms with E-state index in [-0.39, 0.29) is 11.8 Å². The molecule has 0 aromatic carbocycles. The number of nitrogens with zero attached hydrogens (tertiary/aromatic N) is 3. The van der Waals surface area contributed by atoms with Crippen molar-refractivity contribution in [3.05, 3.63) is 0 Å². The van der Waals surface area contributed by atoms with Gasteiger partial charge in [-0.05, 0) is 44.7 Å². The summed E-state index contributed by atoms with van der Waals surface area (Å²) in [7, 11) is 3.65. The van der Waals surface area contributed by atoms with Crippen LogP contribution in [0.4, 0.5) is 0 Å². The molecule has 2 aliphatic heterocycles. The molecule has 0 bridgehead atoms. The van der Waals surface area contributed by atoms with E-state index in [2.05, 4.69) is 4.90 Å². The Morgan fingerprint density at radius 3 is 2.64 bits per heavy atom. The second kappa shape index (κ2) is 10.8. The average Bonchev–Trinajstić information content (AvgIpc) is 2.83. The van der Waals surface area contributed by atoms with Crippen LogP contribution in [-0.2, 0) is 14.3 Å². The third kappa shape index (κ3) is 6.94. The summed E-state index contributed by atoms with van der Waals surface area (Å²) in [5, 5.41) is 0. The molecule has 2 heterocycles. The second-order valence-corrected chi connectivity index (χ2v) is 7.49. The molecule has 0 aliphatic carbocycles. The standard InChI is InChI=1S/C19H35N3O3/c1-20(16-17-7-11-21(12-8-17)14-15-25-2)18(23)9-13-22-10-5-3-4-6-19(22)24/h17H,3-16H2,1-2H3. The van der Waals surface area contributed by atoms with Crippen LogP contribution in [0.3, 0.4) is 0 Å². The molecule has 2 rings (SSSR count). The van der Waals surface area contributed by atoms with Crippen molar-refractivity contribution in [1.29, 1.82) is 0 Å². The van der Waals surface area contributed by atoms with Crippen LogP contribution >= 0.6 is 0 Å². The van der Waals surface area contributed by atoms with E-state index in [0.717, 1.165) is 71.4 Å². The van der Waals surface area contributed by atoms with Gasteiger partial charge in [0, 0.05) is 53.2 Å². The van der Waals surface area contributed by atoms with E-state index < -0.39 is 0 Å². The molecule has 6 nitrogen and oxygen atoms in total. The zero-order valence-corrected chi connectivity index (χ0v) is 16.0. The van der Waals surface area contributed by atoms with Crippen molar-refractivity contribution in [3.63, 3.8) is 0 Å². The molecule has 2 amide bonds. The largest absolute Gasteiger partial charge is 0.383 e. The summed E-state index contributed by atoms with van der Waals surface area (Å²) < 4.78 is 5.14. The average molecular weight is 354 g/mol. The van der Waals surface area contributed by atoms with Crippen molar-refractivity contribution >= 4 is 11.8 Å². The molecule has 0 saturated carbocycles. The van der Waals surface area contributed by atoms with Gasteiger partial charge >= 0.3 is 0 Å². The van der Waals surface area contributed by atoms with Gasteiger partial charge in [-0.15, -0.1) is 0 Å². The first-order chi connectivity index (χ1) is 12.1. The minimum absolute atomic E-state index is 0.166. The Labute approximate surface area is 152 Å². The Kier molecular flexibility index (Phi) is 8.68. The van der Waals surface area contributed by atoms with E-state index in [1.165, 1.54) is 0 Å². The van der Waals surface area contributed by atoms with E-state index in [1.54, 1.807) is 7.11 Å². The number of carbonyl (C=O) groups is 2. The molecule has 0 spiro atoms. The van der Waals surface area contributed by atoms with Crippen LogP contribution in [0.5, 0.6) is 0 Å². The quantitative estimate of drug-likeness (QED) is 0.665. The van der Waals surface area contributed by atoms with Crippen molar-refractivity contribution in [2.75, 3.05) is 60.0 Å². The lowest BCUT2D eigenvalue weighted by Crippen LogP contribution is -2.41. The predicted molar refractivity (Wildman–Crippen MR) is 98.3 cm³/mol. The van der Waals surface area contributed by atoms with Crippen LogP contribution in [-0.4, -0.2) is 86.5 Å². The topological polar surface area (TPSA) is 53.1 Å². The third-order valence-electron chi connectivity index (χ3n) is 5.54. The molecule has 2 aliphatic rings. The summed E-state index contributed by atoms with van der Waals surface area (Å²) in [6.45, 7) is 6.22. The van der Waals surface area contributed by atoms with E-state index in [1.807, 2.05) is 16.8 Å². The van der Waals surface area contributed by atoms with Gasteiger partial charge in [0.25, 0.3) is 0 Å². The molecule has 25 heavy (non-hydrogen) atoms. The van der Waals surface area contributed by atoms with Crippen LogP contribution in [0, 0.1) is 5.92 Å². The fraction of sp³-hybridized carbons (Fsp3) is 0.895. The maximum Gasteiger partial charge on any atom is 0.224 e. The summed E-state index contributed by atoms with van der Waals surface area (Å²) in [5.74, 6) is 0.975. The van der Waals surface area contributed by atoms with Gasteiger partial charge < -0.3 is 19.4 Å². The highest BCUT2D eigenvalue weighted by atomic mass is 16.5. The van der Waals surface area contributed by atoms with Crippen molar-refractivity contribution in [1.82, 2.24) is 14.7 Å². The zero-order valence-electron chi connectivity index (χ0n) is 16.0. The van der Waals surface area contributed by atoms with Gasteiger partial charge in [-0.25, -0.2) is 0 Å². The van der Waals surface area contributed by atoms with Crippen molar-refractivity contribution in [3.8, 4) is 0 Å². The number of amides is 2. The molecule has 0 N–H and O–H groups in total. The molecule has 0 radical (unpaired) electrons. The molecule has 144 valence electrons. The summed E-state index contributed by atoms with van der Waals surface area (Å²) >= 11 is 0. The lowest BCUT2D eigenvalue weighted by molar-refractivity contribution is -0.133. The minimum atomic E-state index is 0.166. The normalized spacial score (nSPS) is 20.6. The van der Waals surface area contributed by atoms with E-state index in [0.29, 0.717) is 25.3 Å². The van der Waals surface area contributed by atoms with Crippen LogP contribution in [0.25, 0.3) is 0 Å². The number of methoxy groups -OCH3 is 1. The van der Waals surface area contributed by atoms with Crippen LogP contribution < -0.4 is 0 Å². The van der Waals surface area contributed by atoms with Crippen LogP contribution in [0.15, 0.2) is 0 Å². The molecule has 0 aromatic heterocycles. The van der Waals surface area contributed by atoms with Gasteiger partial charge in [0.2, 0.25) is 11.8 Å². The number of hydrogen-bond donors (Lipinski definition) is 0. The van der Waals surface area contributed by atoms with Gasteiger partial charge in [0.1, 0.15) is 0 Å². The molecule has 6 heteroatoms. The van der Waals surface area contributed by atoms with Crippen LogP contribution in [0.2, 0.25) is 0 Å². The first-order valence-corrected chi connectivity index (χ1v) is 9.83. The third-order valence-corrected chi connectivity index (χ3v) is 5.54. The fourth-order valence-corrected chi connectivity index (χ4v) is 3.80. The molecule has 0 aromatic rings. The van der Waals surface area contributed by atoms with Crippen molar-refractivity contribution in [2.45, 2.75) is 44.9 Å². The maximum atomic E-state index is 12.4. The Bertz CT molecular complexity index is 422. The summed E-state index contributed by atoms with van der Waals surface area (Å²) in [6.07, 6.45) is 6.57. The SMILES string of the molecule is COCCN1CCC(CN(C)C(=O)CCN2CCCCCC2=O)CC1. The van der Waals surface area contributed by atoms with Crippen molar-refractivity contribution in [2.24, 2.45) is 5.92 Å². The highest BCUT2D eigenvalue weighted by Crippen LogP contribution is 2.18. The van der Waals surface area contributed by atoms with Gasteiger partial charge in [-0.3, -0.25) is 9.59 Å². The summed E-state index contributed by atoms with van der Waals surface area (Å²) in [6, 6.07) is 0. The maximum absolute atomic E-state index is 12.4. The molecule has 0 unspecified atom stereocenters. The monoisotopic (exact) mass is 353 g/mol. The molecule has 0 atom stereocenters. The van der Waals surface area contributed by atoms with Crippen molar-refractivity contribution < 1.29 is 14.3 Å². The van der Waals surface area contributed by atoms with Crippen LogP contribution in [0.1, 0.15) is 44.9 Å². The zero-order chi connectivity index (χ0) is 18.1. The first-order valence-electron chi connectivity index (χ1n) is 9.83. The minimum Gasteiger partial charge on any atom is -0.383 e. The van der Waals surface area contributed by atoms with Gasteiger partial charge in [-0.2, -0.15) is 0 Å². The summed E-state index contributed by atoms with van der Waals surface area (Å²) in [4.78, 5) is 30.6. The number of piperidine rings is 1. The number of rotatable bonds is 8. The summed E-state index contributed by atoms with van der Waals surface area (Å²) in [5.41, 5.74) is 0. The smallest absolute Gasteiger partial charge is 0.224 e. The number of hydrogen-bond acceptors (Lipinski definition) is 4. The van der Waals surface area contributed by atoms with Gasteiger partial charge in [-0.1, -0.05) is 6.42 Å². The Hall–Kier alpha value is -1.14. The van der Waals surface area contributed by atoms with E-state index in [9.17, 15) is 9.59 Å². The highest BCUT2D eigenvalue weighted by molar-refractivity contribution is 5.79. The van der Waals surface area contributed by atoms with E-state index >= 15 is 0 Å². The second-order valence-electron chi connectivity index (χ2n) is 7.49. The number of carbonyl (C=O) groups excluding carboxylic acids is 2. The van der Waals surface area contributed by atoms with E-state index in [4.69, 9.17) is 4.74 Å². The lowest BCUT2D eigenvalue weighted by atomic mass is 9.96. The highest BCUT2D eigenvalue weighted by Gasteiger charge is 2.23. The first kappa shape index (κ1) is 20.2.